The summed E-state index contributed by atoms with van der Waals surface area (Å²) in [5.41, 5.74) is 0.532. The lowest BCUT2D eigenvalue weighted by Crippen LogP contribution is -2.27. The molecule has 0 aliphatic heterocycles. The van der Waals surface area contributed by atoms with E-state index in [1.165, 1.54) is 11.1 Å². The van der Waals surface area contributed by atoms with Crippen LogP contribution >= 0.6 is 0 Å². The molecule has 0 bridgehead atoms. The first-order valence-electron chi connectivity index (χ1n) is 13.5. The van der Waals surface area contributed by atoms with E-state index in [1.807, 2.05) is 36.4 Å². The maximum atomic E-state index is 11.1. The third-order valence-corrected chi connectivity index (χ3v) is 5.25. The van der Waals surface area contributed by atoms with E-state index in [0.717, 1.165) is 0 Å². The molecule has 0 saturated heterocycles. The third-order valence-electron chi connectivity index (χ3n) is 5.25. The number of benzene rings is 2. The molecule has 0 aliphatic rings. The molecule has 0 fully saturated rings. The minimum atomic E-state index is -0.796. The maximum Gasteiger partial charge on any atom is 0.508 e. The molecule has 0 N–H and O–H groups in total. The summed E-state index contributed by atoms with van der Waals surface area (Å²) in [7, 11) is 0. The number of ether oxygens (including phenoxy) is 6. The average molecular weight is 561 g/mol. The van der Waals surface area contributed by atoms with Crippen LogP contribution in [0.15, 0.2) is 60.7 Å². The van der Waals surface area contributed by atoms with Crippen LogP contribution in [0.5, 0.6) is 0 Å². The van der Waals surface area contributed by atoms with Gasteiger partial charge in [0.05, 0.1) is 24.4 Å². The summed E-state index contributed by atoms with van der Waals surface area (Å²) in [6.07, 6.45) is -1.59. The standard InChI is InChI=1S/C20H26O2.C12H22O6/c1-19(2,17-11-7-5-8-12-17)21-15-16-22-20(3,4)18-13-9-6-10-14-18;1-11(2,3)17-9(13)15-7-8-16-10(14)18-12(4,5)6/h5-14H,15-16H2,1-4H3;7-8H2,1-6H3. The fourth-order valence-electron chi connectivity index (χ4n) is 3.25. The second kappa shape index (κ2) is 15.6. The molecule has 0 atom stereocenters. The van der Waals surface area contributed by atoms with Crippen molar-refractivity contribution in [3.05, 3.63) is 71.8 Å². The molecule has 8 heteroatoms. The molecule has 2 aromatic carbocycles. The van der Waals surface area contributed by atoms with Gasteiger partial charge in [-0.25, -0.2) is 9.59 Å². The minimum absolute atomic E-state index is 0.0752. The second-order valence-electron chi connectivity index (χ2n) is 12.1. The predicted molar refractivity (Wildman–Crippen MR) is 155 cm³/mol. The van der Waals surface area contributed by atoms with E-state index in [0.29, 0.717) is 13.2 Å². The van der Waals surface area contributed by atoms with Crippen molar-refractivity contribution in [2.75, 3.05) is 26.4 Å². The number of hydrogen-bond donors (Lipinski definition) is 0. The van der Waals surface area contributed by atoms with E-state index in [1.54, 1.807) is 41.5 Å². The zero-order valence-corrected chi connectivity index (χ0v) is 25.9. The molecule has 0 aromatic heterocycles. The summed E-state index contributed by atoms with van der Waals surface area (Å²) in [5.74, 6) is 0. The third kappa shape index (κ3) is 15.5. The van der Waals surface area contributed by atoms with Gasteiger partial charge in [0.25, 0.3) is 0 Å². The van der Waals surface area contributed by atoms with Crippen molar-refractivity contribution in [2.45, 2.75) is 91.6 Å². The zero-order valence-electron chi connectivity index (χ0n) is 25.9. The number of hydrogen-bond acceptors (Lipinski definition) is 8. The first-order valence-corrected chi connectivity index (χ1v) is 13.5. The van der Waals surface area contributed by atoms with Crippen molar-refractivity contribution in [3.8, 4) is 0 Å². The Hall–Kier alpha value is -3.10. The zero-order chi connectivity index (χ0) is 30.5. The molecule has 0 saturated carbocycles. The number of carbonyl (C=O) groups is 2. The highest BCUT2D eigenvalue weighted by molar-refractivity contribution is 5.61. The quantitative estimate of drug-likeness (QED) is 0.215. The van der Waals surface area contributed by atoms with Gasteiger partial charge in [-0.1, -0.05) is 60.7 Å². The van der Waals surface area contributed by atoms with Crippen LogP contribution in [0.3, 0.4) is 0 Å². The summed E-state index contributed by atoms with van der Waals surface area (Å²) in [6, 6.07) is 20.6. The van der Waals surface area contributed by atoms with Crippen LogP contribution in [0.4, 0.5) is 9.59 Å². The lowest BCUT2D eigenvalue weighted by molar-refractivity contribution is -0.0892. The van der Waals surface area contributed by atoms with Crippen LogP contribution in [0.25, 0.3) is 0 Å². The van der Waals surface area contributed by atoms with E-state index in [2.05, 4.69) is 52.0 Å². The Kier molecular flexibility index (Phi) is 13.6. The van der Waals surface area contributed by atoms with Gasteiger partial charge in [-0.2, -0.15) is 0 Å². The number of carbonyl (C=O) groups excluding carboxylic acids is 2. The Bertz CT molecular complexity index is 919. The summed E-state index contributed by atoms with van der Waals surface area (Å²) in [4.78, 5) is 22.2. The Balaban J connectivity index is 0.000000410. The molecule has 0 unspecified atom stereocenters. The van der Waals surface area contributed by atoms with Gasteiger partial charge >= 0.3 is 12.3 Å². The summed E-state index contributed by atoms with van der Waals surface area (Å²) in [5, 5.41) is 0. The molecule has 8 nitrogen and oxygen atoms in total. The van der Waals surface area contributed by atoms with E-state index < -0.39 is 23.5 Å². The summed E-state index contributed by atoms with van der Waals surface area (Å²) >= 11 is 0. The van der Waals surface area contributed by atoms with Crippen molar-refractivity contribution < 1.29 is 38.0 Å². The van der Waals surface area contributed by atoms with Crippen molar-refractivity contribution in [1.29, 1.82) is 0 Å². The number of rotatable bonds is 10. The van der Waals surface area contributed by atoms with Crippen molar-refractivity contribution >= 4 is 12.3 Å². The van der Waals surface area contributed by atoms with E-state index in [-0.39, 0.29) is 24.4 Å². The summed E-state index contributed by atoms with van der Waals surface area (Å²) < 4.78 is 31.2. The lowest BCUT2D eigenvalue weighted by atomic mass is 9.98. The summed E-state index contributed by atoms with van der Waals surface area (Å²) in [6.45, 7) is 19.7. The van der Waals surface area contributed by atoms with Gasteiger partial charge in [0.2, 0.25) is 0 Å². The lowest BCUT2D eigenvalue weighted by Gasteiger charge is -2.29. The van der Waals surface area contributed by atoms with Crippen LogP contribution in [-0.4, -0.2) is 49.9 Å². The SMILES string of the molecule is CC(C)(C)OC(=O)OCCOC(=O)OC(C)(C)C.CC(C)(OCCOC(C)(C)c1ccccc1)c1ccccc1. The van der Waals surface area contributed by atoms with Crippen LogP contribution in [0.1, 0.15) is 80.4 Å². The van der Waals surface area contributed by atoms with Gasteiger partial charge in [0.15, 0.2) is 0 Å². The Morgan fingerprint density at radius 2 is 0.800 bits per heavy atom. The highest BCUT2D eigenvalue weighted by Gasteiger charge is 2.23. The van der Waals surface area contributed by atoms with E-state index in [4.69, 9.17) is 28.4 Å². The molecule has 224 valence electrons. The second-order valence-corrected chi connectivity index (χ2v) is 12.1. The van der Waals surface area contributed by atoms with Gasteiger partial charge in [-0.3, -0.25) is 0 Å². The van der Waals surface area contributed by atoms with Crippen molar-refractivity contribution in [1.82, 2.24) is 0 Å². The smallest absolute Gasteiger partial charge is 0.431 e. The monoisotopic (exact) mass is 560 g/mol. The van der Waals surface area contributed by atoms with E-state index in [9.17, 15) is 9.59 Å². The molecule has 0 aliphatic carbocycles. The molecule has 0 spiro atoms. The molecule has 40 heavy (non-hydrogen) atoms. The topological polar surface area (TPSA) is 89.5 Å². The molecule has 2 rings (SSSR count). The maximum absolute atomic E-state index is 11.1. The van der Waals surface area contributed by atoms with Crippen LogP contribution in [0.2, 0.25) is 0 Å². The Morgan fingerprint density at radius 3 is 1.07 bits per heavy atom. The minimum Gasteiger partial charge on any atom is -0.431 e. The molecular weight excluding hydrogens is 512 g/mol. The Morgan fingerprint density at radius 1 is 0.500 bits per heavy atom. The molecule has 0 radical (unpaired) electrons. The molecule has 0 heterocycles. The normalized spacial score (nSPS) is 12.1. The van der Waals surface area contributed by atoms with Gasteiger partial charge in [-0.15, -0.1) is 0 Å². The van der Waals surface area contributed by atoms with E-state index >= 15 is 0 Å². The van der Waals surface area contributed by atoms with Crippen LogP contribution in [-0.2, 0) is 39.6 Å². The molecule has 2 aromatic rings. The Labute approximate surface area is 240 Å². The largest absolute Gasteiger partial charge is 0.508 e. The fraction of sp³-hybridized carbons (Fsp3) is 0.562. The van der Waals surface area contributed by atoms with Crippen molar-refractivity contribution in [3.63, 3.8) is 0 Å². The molecular formula is C32H48O8. The first-order chi connectivity index (χ1) is 18.4. The van der Waals surface area contributed by atoms with Crippen LogP contribution < -0.4 is 0 Å². The average Bonchev–Trinajstić information content (AvgIpc) is 2.84. The van der Waals surface area contributed by atoms with Crippen LogP contribution in [0, 0.1) is 0 Å². The molecule has 0 amide bonds. The fourth-order valence-corrected chi connectivity index (χ4v) is 3.25. The highest BCUT2D eigenvalue weighted by Crippen LogP contribution is 2.26. The first kappa shape index (κ1) is 34.9. The van der Waals surface area contributed by atoms with Gasteiger partial charge in [0.1, 0.15) is 24.4 Å². The highest BCUT2D eigenvalue weighted by atomic mass is 16.8. The predicted octanol–water partition coefficient (Wildman–Crippen LogP) is 7.78. The van der Waals surface area contributed by atoms with Gasteiger partial charge in [-0.05, 0) is 80.4 Å². The van der Waals surface area contributed by atoms with Gasteiger partial charge in [0, 0.05) is 0 Å². The van der Waals surface area contributed by atoms with Crippen molar-refractivity contribution in [2.24, 2.45) is 0 Å². The van der Waals surface area contributed by atoms with Gasteiger partial charge < -0.3 is 28.4 Å².